The SMILES string of the molecule is Cn1nccc1CNC(=O)c1cc(N)ccc1Br. The Morgan fingerprint density at radius 3 is 2.94 bits per heavy atom. The van der Waals surface area contributed by atoms with Gasteiger partial charge < -0.3 is 11.1 Å². The summed E-state index contributed by atoms with van der Waals surface area (Å²) >= 11 is 3.33. The molecule has 0 radical (unpaired) electrons. The normalized spacial score (nSPS) is 10.3. The summed E-state index contributed by atoms with van der Waals surface area (Å²) < 4.78 is 2.44. The molecule has 2 aromatic rings. The molecule has 5 nitrogen and oxygen atoms in total. The molecule has 6 heteroatoms. The molecule has 1 aromatic heterocycles. The fourth-order valence-electron chi connectivity index (χ4n) is 1.56. The average molecular weight is 309 g/mol. The largest absolute Gasteiger partial charge is 0.399 e. The molecule has 0 aliphatic rings. The number of aryl methyl sites for hydroxylation is 1. The second-order valence-corrected chi connectivity index (χ2v) is 4.72. The highest BCUT2D eigenvalue weighted by atomic mass is 79.9. The van der Waals surface area contributed by atoms with E-state index in [1.165, 1.54) is 0 Å². The molecule has 1 amide bonds. The molecule has 0 aliphatic heterocycles. The number of nitrogens with one attached hydrogen (secondary N) is 1. The summed E-state index contributed by atoms with van der Waals surface area (Å²) in [6.07, 6.45) is 1.69. The fourth-order valence-corrected chi connectivity index (χ4v) is 1.98. The van der Waals surface area contributed by atoms with Crippen LogP contribution in [0.4, 0.5) is 5.69 Å². The predicted molar refractivity (Wildman–Crippen MR) is 72.9 cm³/mol. The predicted octanol–water partition coefficient (Wildman–Crippen LogP) is 1.69. The molecule has 0 fully saturated rings. The third-order valence-corrected chi connectivity index (χ3v) is 3.28. The van der Waals surface area contributed by atoms with Crippen LogP contribution in [0.15, 0.2) is 34.9 Å². The van der Waals surface area contributed by atoms with E-state index in [9.17, 15) is 4.79 Å². The second kappa shape index (κ2) is 5.22. The molecular formula is C12H13BrN4O. The number of halogens is 1. The first-order chi connectivity index (χ1) is 8.58. The Morgan fingerprint density at radius 1 is 1.50 bits per heavy atom. The van der Waals surface area contributed by atoms with E-state index in [1.807, 2.05) is 13.1 Å². The molecule has 0 atom stereocenters. The summed E-state index contributed by atoms with van der Waals surface area (Å²) in [4.78, 5) is 12.0. The van der Waals surface area contributed by atoms with E-state index in [2.05, 4.69) is 26.3 Å². The molecule has 1 aromatic carbocycles. The Balaban J connectivity index is 2.08. The van der Waals surface area contributed by atoms with Gasteiger partial charge in [-0.2, -0.15) is 5.10 Å². The minimum Gasteiger partial charge on any atom is -0.399 e. The van der Waals surface area contributed by atoms with Gasteiger partial charge in [-0.25, -0.2) is 0 Å². The lowest BCUT2D eigenvalue weighted by Crippen LogP contribution is -2.24. The van der Waals surface area contributed by atoms with Crippen LogP contribution in [0.2, 0.25) is 0 Å². The highest BCUT2D eigenvalue weighted by molar-refractivity contribution is 9.10. The van der Waals surface area contributed by atoms with E-state index in [-0.39, 0.29) is 5.91 Å². The van der Waals surface area contributed by atoms with Crippen LogP contribution in [-0.4, -0.2) is 15.7 Å². The van der Waals surface area contributed by atoms with E-state index in [1.54, 1.807) is 29.1 Å². The van der Waals surface area contributed by atoms with Crippen LogP contribution in [0.3, 0.4) is 0 Å². The maximum absolute atomic E-state index is 12.0. The molecule has 0 unspecified atom stereocenters. The number of carbonyl (C=O) groups is 1. The molecule has 0 bridgehead atoms. The molecular weight excluding hydrogens is 296 g/mol. The number of nitrogens with zero attached hydrogens (tertiary/aromatic N) is 2. The van der Waals surface area contributed by atoms with Crippen molar-refractivity contribution in [2.24, 2.45) is 7.05 Å². The first-order valence-electron chi connectivity index (χ1n) is 5.38. The molecule has 2 rings (SSSR count). The van der Waals surface area contributed by atoms with Crippen molar-refractivity contribution in [2.75, 3.05) is 5.73 Å². The Hall–Kier alpha value is -1.82. The van der Waals surface area contributed by atoms with E-state index in [0.717, 1.165) is 10.2 Å². The summed E-state index contributed by atoms with van der Waals surface area (Å²) in [6, 6.07) is 6.99. The zero-order chi connectivity index (χ0) is 13.1. The maximum atomic E-state index is 12.0. The standard InChI is InChI=1S/C12H13BrN4O/c1-17-9(4-5-16-17)7-15-12(18)10-6-8(14)2-3-11(10)13/h2-6H,7,14H2,1H3,(H,15,18). The second-order valence-electron chi connectivity index (χ2n) is 3.87. The van der Waals surface area contributed by atoms with Crippen LogP contribution in [0.25, 0.3) is 0 Å². The summed E-state index contributed by atoms with van der Waals surface area (Å²) in [7, 11) is 1.83. The first-order valence-corrected chi connectivity index (χ1v) is 6.17. The highest BCUT2D eigenvalue weighted by Crippen LogP contribution is 2.19. The lowest BCUT2D eigenvalue weighted by atomic mass is 10.2. The smallest absolute Gasteiger partial charge is 0.252 e. The van der Waals surface area contributed by atoms with Crippen LogP contribution in [-0.2, 0) is 13.6 Å². The Bertz CT molecular complexity index is 579. The number of benzene rings is 1. The van der Waals surface area contributed by atoms with Crippen molar-refractivity contribution >= 4 is 27.5 Å². The van der Waals surface area contributed by atoms with E-state index < -0.39 is 0 Å². The number of hydrogen-bond acceptors (Lipinski definition) is 3. The van der Waals surface area contributed by atoms with Gasteiger partial charge in [-0.05, 0) is 40.2 Å². The number of nitrogens with two attached hydrogens (primary N) is 1. The van der Waals surface area contributed by atoms with Crippen molar-refractivity contribution in [3.63, 3.8) is 0 Å². The topological polar surface area (TPSA) is 72.9 Å². The monoisotopic (exact) mass is 308 g/mol. The van der Waals surface area contributed by atoms with Gasteiger partial charge in [0.1, 0.15) is 0 Å². The van der Waals surface area contributed by atoms with Crippen LogP contribution >= 0.6 is 15.9 Å². The Labute approximate surface area is 113 Å². The minimum absolute atomic E-state index is 0.171. The van der Waals surface area contributed by atoms with Gasteiger partial charge in [0.05, 0.1) is 17.8 Å². The van der Waals surface area contributed by atoms with Gasteiger partial charge >= 0.3 is 0 Å². The zero-order valence-corrected chi connectivity index (χ0v) is 11.4. The Morgan fingerprint density at radius 2 is 2.28 bits per heavy atom. The number of anilines is 1. The highest BCUT2D eigenvalue weighted by Gasteiger charge is 2.10. The fraction of sp³-hybridized carbons (Fsp3) is 0.167. The van der Waals surface area contributed by atoms with Gasteiger partial charge in [-0.1, -0.05) is 0 Å². The van der Waals surface area contributed by atoms with Crippen LogP contribution in [0, 0.1) is 0 Å². The van der Waals surface area contributed by atoms with Crippen molar-refractivity contribution in [2.45, 2.75) is 6.54 Å². The molecule has 18 heavy (non-hydrogen) atoms. The molecule has 94 valence electrons. The van der Waals surface area contributed by atoms with Gasteiger partial charge in [0, 0.05) is 23.4 Å². The van der Waals surface area contributed by atoms with Crippen molar-refractivity contribution in [3.05, 3.63) is 46.2 Å². The molecule has 1 heterocycles. The van der Waals surface area contributed by atoms with Crippen LogP contribution in [0.1, 0.15) is 16.1 Å². The van der Waals surface area contributed by atoms with Crippen molar-refractivity contribution in [1.29, 1.82) is 0 Å². The lowest BCUT2D eigenvalue weighted by molar-refractivity contribution is 0.0949. The van der Waals surface area contributed by atoms with Gasteiger partial charge in [0.25, 0.3) is 5.91 Å². The minimum atomic E-state index is -0.171. The summed E-state index contributed by atoms with van der Waals surface area (Å²) in [5.74, 6) is -0.171. The maximum Gasteiger partial charge on any atom is 0.252 e. The first kappa shape index (κ1) is 12.6. The summed E-state index contributed by atoms with van der Waals surface area (Å²) in [6.45, 7) is 0.427. The molecule has 3 N–H and O–H groups in total. The Kier molecular flexibility index (Phi) is 3.66. The van der Waals surface area contributed by atoms with E-state index >= 15 is 0 Å². The van der Waals surface area contributed by atoms with Crippen LogP contribution < -0.4 is 11.1 Å². The molecule has 0 aliphatic carbocycles. The van der Waals surface area contributed by atoms with Crippen LogP contribution in [0.5, 0.6) is 0 Å². The lowest BCUT2D eigenvalue weighted by Gasteiger charge is -2.08. The molecule has 0 saturated carbocycles. The number of carbonyl (C=O) groups excluding carboxylic acids is 1. The number of hydrogen-bond donors (Lipinski definition) is 2. The van der Waals surface area contributed by atoms with Gasteiger partial charge in [0.2, 0.25) is 0 Å². The summed E-state index contributed by atoms with van der Waals surface area (Å²) in [5.41, 5.74) is 7.68. The third-order valence-electron chi connectivity index (χ3n) is 2.59. The van der Waals surface area contributed by atoms with Gasteiger partial charge in [0.15, 0.2) is 0 Å². The number of amides is 1. The molecule has 0 spiro atoms. The van der Waals surface area contributed by atoms with Crippen molar-refractivity contribution in [3.8, 4) is 0 Å². The zero-order valence-electron chi connectivity index (χ0n) is 9.85. The van der Waals surface area contributed by atoms with E-state index in [0.29, 0.717) is 17.8 Å². The van der Waals surface area contributed by atoms with Gasteiger partial charge in [-0.15, -0.1) is 0 Å². The molecule has 0 saturated heterocycles. The quantitative estimate of drug-likeness (QED) is 0.848. The number of nitrogen functional groups attached to an aromatic ring is 1. The summed E-state index contributed by atoms with van der Waals surface area (Å²) in [5, 5.41) is 6.86. The van der Waals surface area contributed by atoms with Crippen molar-refractivity contribution < 1.29 is 4.79 Å². The van der Waals surface area contributed by atoms with Gasteiger partial charge in [-0.3, -0.25) is 9.48 Å². The van der Waals surface area contributed by atoms with Crippen molar-refractivity contribution in [1.82, 2.24) is 15.1 Å². The van der Waals surface area contributed by atoms with E-state index in [4.69, 9.17) is 5.73 Å². The third kappa shape index (κ3) is 2.70. The number of aromatic nitrogens is 2. The average Bonchev–Trinajstić information content (AvgIpc) is 2.75. The number of rotatable bonds is 3.